The van der Waals surface area contributed by atoms with E-state index in [1.54, 1.807) is 36.0 Å². The van der Waals surface area contributed by atoms with E-state index in [4.69, 9.17) is 23.2 Å². The van der Waals surface area contributed by atoms with E-state index in [1.807, 2.05) is 49.4 Å². The highest BCUT2D eigenvalue weighted by atomic mass is 35.5. The summed E-state index contributed by atoms with van der Waals surface area (Å²) in [5.41, 5.74) is 2.87. The number of carbonyl (C=O) groups excluding carboxylic acids is 1. The molecular weight excluding hydrogens is 487 g/mol. The van der Waals surface area contributed by atoms with Gasteiger partial charge in [0.2, 0.25) is 15.9 Å². The van der Waals surface area contributed by atoms with Crippen molar-refractivity contribution in [1.29, 1.82) is 0 Å². The summed E-state index contributed by atoms with van der Waals surface area (Å²) in [7, 11) is -3.70. The molecule has 0 aliphatic heterocycles. The lowest BCUT2D eigenvalue weighted by Gasteiger charge is -2.22. The molecular formula is C23H22Cl2N2O3S2. The van der Waals surface area contributed by atoms with E-state index >= 15 is 0 Å². The molecule has 32 heavy (non-hydrogen) atoms. The van der Waals surface area contributed by atoms with Gasteiger partial charge in [-0.25, -0.2) is 8.42 Å². The molecule has 0 aliphatic carbocycles. The number of nitrogens with one attached hydrogen (secondary N) is 1. The fourth-order valence-corrected chi connectivity index (χ4v) is 5.01. The average Bonchev–Trinajstić information content (AvgIpc) is 2.74. The Morgan fingerprint density at radius 1 is 1.03 bits per heavy atom. The molecule has 3 aromatic rings. The topological polar surface area (TPSA) is 66.5 Å². The second-order valence-electron chi connectivity index (χ2n) is 7.16. The molecule has 0 bridgehead atoms. The smallest absolute Gasteiger partial charge is 0.245 e. The summed E-state index contributed by atoms with van der Waals surface area (Å²) in [4.78, 5) is 13.7. The van der Waals surface area contributed by atoms with Crippen LogP contribution in [0.2, 0.25) is 10.0 Å². The number of sulfonamides is 1. The van der Waals surface area contributed by atoms with Gasteiger partial charge in [0.05, 0.1) is 17.6 Å². The Morgan fingerprint density at radius 2 is 1.72 bits per heavy atom. The Kier molecular flexibility index (Phi) is 8.11. The highest BCUT2D eigenvalue weighted by Crippen LogP contribution is 2.30. The minimum absolute atomic E-state index is 0.337. The molecule has 168 valence electrons. The molecule has 9 heteroatoms. The molecule has 0 radical (unpaired) electrons. The van der Waals surface area contributed by atoms with Gasteiger partial charge in [0.1, 0.15) is 6.54 Å². The van der Waals surface area contributed by atoms with Crippen molar-refractivity contribution in [3.8, 4) is 0 Å². The predicted molar refractivity (Wildman–Crippen MR) is 134 cm³/mol. The number of anilines is 2. The van der Waals surface area contributed by atoms with Gasteiger partial charge in [-0.3, -0.25) is 9.10 Å². The Hall–Kier alpha value is -2.19. The summed E-state index contributed by atoms with van der Waals surface area (Å²) in [6.45, 7) is 1.46. The van der Waals surface area contributed by atoms with Crippen LogP contribution in [0.5, 0.6) is 0 Å². The van der Waals surface area contributed by atoms with E-state index in [9.17, 15) is 13.2 Å². The zero-order valence-electron chi connectivity index (χ0n) is 17.5. The number of hydrogen-bond acceptors (Lipinski definition) is 4. The molecule has 0 aliphatic rings. The van der Waals surface area contributed by atoms with Crippen LogP contribution in [0, 0.1) is 6.92 Å². The number of benzene rings is 3. The van der Waals surface area contributed by atoms with Gasteiger partial charge in [0.25, 0.3) is 0 Å². The van der Waals surface area contributed by atoms with Crippen molar-refractivity contribution in [3.05, 3.63) is 87.9 Å². The second-order valence-corrected chi connectivity index (χ2v) is 10.9. The van der Waals surface area contributed by atoms with Crippen molar-refractivity contribution in [2.45, 2.75) is 17.6 Å². The molecule has 0 spiro atoms. The number of para-hydroxylation sites is 1. The van der Waals surface area contributed by atoms with Crippen LogP contribution in [0.3, 0.4) is 0 Å². The van der Waals surface area contributed by atoms with Crippen LogP contribution in [-0.4, -0.2) is 27.1 Å². The number of amides is 1. The lowest BCUT2D eigenvalue weighted by molar-refractivity contribution is -0.114. The number of aryl methyl sites for hydroxylation is 1. The summed E-state index contributed by atoms with van der Waals surface area (Å²) < 4.78 is 25.8. The maximum atomic E-state index is 12.8. The van der Waals surface area contributed by atoms with Gasteiger partial charge in [-0.05, 0) is 54.4 Å². The average molecular weight is 509 g/mol. The Balaban J connectivity index is 1.74. The molecule has 0 unspecified atom stereocenters. The molecule has 0 saturated carbocycles. The van der Waals surface area contributed by atoms with Crippen molar-refractivity contribution < 1.29 is 13.2 Å². The van der Waals surface area contributed by atoms with E-state index in [1.165, 1.54) is 0 Å². The number of halogens is 2. The van der Waals surface area contributed by atoms with Crippen LogP contribution < -0.4 is 9.62 Å². The monoisotopic (exact) mass is 508 g/mol. The highest BCUT2D eigenvalue weighted by molar-refractivity contribution is 7.98. The number of carbonyl (C=O) groups is 1. The largest absolute Gasteiger partial charge is 0.323 e. The molecule has 0 fully saturated rings. The maximum Gasteiger partial charge on any atom is 0.245 e. The van der Waals surface area contributed by atoms with E-state index in [-0.39, 0.29) is 6.54 Å². The van der Waals surface area contributed by atoms with Crippen molar-refractivity contribution in [2.75, 3.05) is 22.4 Å². The standard InChI is InChI=1S/C23H22Cl2N2O3S2/c1-16-7-12-19(13-20(16)25)27(32(2,29)30)14-23(28)26-21-5-3-4-6-22(21)31-15-17-8-10-18(24)11-9-17/h3-13H,14-15H2,1-2H3,(H,26,28). The zero-order chi connectivity index (χ0) is 23.3. The Bertz CT molecular complexity index is 1220. The van der Waals surface area contributed by atoms with Crippen molar-refractivity contribution in [3.63, 3.8) is 0 Å². The third kappa shape index (κ3) is 6.65. The second kappa shape index (κ2) is 10.6. The molecule has 1 N–H and O–H groups in total. The maximum absolute atomic E-state index is 12.8. The lowest BCUT2D eigenvalue weighted by atomic mass is 10.2. The van der Waals surface area contributed by atoms with Gasteiger partial charge in [0, 0.05) is 20.7 Å². The minimum atomic E-state index is -3.70. The van der Waals surface area contributed by atoms with Gasteiger partial charge in [-0.1, -0.05) is 53.5 Å². The van der Waals surface area contributed by atoms with Gasteiger partial charge >= 0.3 is 0 Å². The summed E-state index contributed by atoms with van der Waals surface area (Å²) in [5.74, 6) is 0.244. The molecule has 3 rings (SSSR count). The van der Waals surface area contributed by atoms with Crippen LogP contribution in [0.4, 0.5) is 11.4 Å². The zero-order valence-corrected chi connectivity index (χ0v) is 20.7. The van der Waals surface area contributed by atoms with Crippen LogP contribution in [0.15, 0.2) is 71.6 Å². The van der Waals surface area contributed by atoms with Crippen molar-refractivity contribution >= 4 is 62.3 Å². The van der Waals surface area contributed by atoms with Crippen LogP contribution in [-0.2, 0) is 20.6 Å². The quantitative estimate of drug-likeness (QED) is 0.379. The van der Waals surface area contributed by atoms with E-state index in [0.29, 0.717) is 27.2 Å². The summed E-state index contributed by atoms with van der Waals surface area (Å²) in [6.07, 6.45) is 1.06. The first-order chi connectivity index (χ1) is 15.1. The first kappa shape index (κ1) is 24.5. The fraction of sp³-hybridized carbons (Fsp3) is 0.174. The summed E-state index contributed by atoms with van der Waals surface area (Å²) >= 11 is 13.7. The molecule has 5 nitrogen and oxygen atoms in total. The molecule has 3 aromatic carbocycles. The van der Waals surface area contributed by atoms with Gasteiger partial charge < -0.3 is 5.32 Å². The molecule has 0 saturated heterocycles. The van der Waals surface area contributed by atoms with Gasteiger partial charge in [-0.15, -0.1) is 11.8 Å². The summed E-state index contributed by atoms with van der Waals surface area (Å²) in [6, 6.07) is 19.9. The summed E-state index contributed by atoms with van der Waals surface area (Å²) in [5, 5.41) is 3.94. The molecule has 0 heterocycles. The molecule has 1 amide bonds. The number of hydrogen-bond donors (Lipinski definition) is 1. The third-order valence-corrected chi connectivity index (χ3v) is 7.54. The Morgan fingerprint density at radius 3 is 2.38 bits per heavy atom. The normalized spacial score (nSPS) is 11.2. The van der Waals surface area contributed by atoms with Crippen LogP contribution in [0.25, 0.3) is 0 Å². The number of rotatable bonds is 8. The van der Waals surface area contributed by atoms with Gasteiger partial charge in [-0.2, -0.15) is 0 Å². The third-order valence-electron chi connectivity index (χ3n) is 4.60. The molecule has 0 atom stereocenters. The minimum Gasteiger partial charge on any atom is -0.323 e. The highest BCUT2D eigenvalue weighted by Gasteiger charge is 2.22. The lowest BCUT2D eigenvalue weighted by Crippen LogP contribution is -2.37. The van der Waals surface area contributed by atoms with E-state index in [0.717, 1.165) is 26.6 Å². The van der Waals surface area contributed by atoms with E-state index < -0.39 is 15.9 Å². The van der Waals surface area contributed by atoms with Gasteiger partial charge in [0.15, 0.2) is 0 Å². The van der Waals surface area contributed by atoms with Crippen molar-refractivity contribution in [2.24, 2.45) is 0 Å². The van der Waals surface area contributed by atoms with Crippen LogP contribution >= 0.6 is 35.0 Å². The number of thioether (sulfide) groups is 1. The first-order valence-corrected chi connectivity index (χ1v) is 13.2. The fourth-order valence-electron chi connectivity index (χ4n) is 2.89. The first-order valence-electron chi connectivity index (χ1n) is 9.63. The van der Waals surface area contributed by atoms with Crippen LogP contribution in [0.1, 0.15) is 11.1 Å². The number of nitrogens with zero attached hydrogens (tertiary/aromatic N) is 1. The molecule has 0 aromatic heterocycles. The SMILES string of the molecule is Cc1ccc(N(CC(=O)Nc2ccccc2SCc2ccc(Cl)cc2)S(C)(=O)=O)cc1Cl. The Labute approximate surface area is 202 Å². The van der Waals surface area contributed by atoms with E-state index in [2.05, 4.69) is 5.32 Å². The predicted octanol–water partition coefficient (Wildman–Crippen LogP) is 6.00. The van der Waals surface area contributed by atoms with Crippen molar-refractivity contribution in [1.82, 2.24) is 0 Å².